The third-order valence-corrected chi connectivity index (χ3v) is 3.44. The van der Waals surface area contributed by atoms with Crippen molar-refractivity contribution in [2.45, 2.75) is 19.4 Å². The van der Waals surface area contributed by atoms with Gasteiger partial charge in [0.05, 0.1) is 7.11 Å². The van der Waals surface area contributed by atoms with Crippen molar-refractivity contribution < 1.29 is 4.74 Å². The lowest BCUT2D eigenvalue weighted by atomic mass is 10.1. The third-order valence-electron chi connectivity index (χ3n) is 3.09. The Balaban J connectivity index is 2.57. The van der Waals surface area contributed by atoms with Crippen LogP contribution in [0.1, 0.15) is 12.5 Å². The zero-order valence-corrected chi connectivity index (χ0v) is 11.5. The van der Waals surface area contributed by atoms with Crippen LogP contribution in [0.5, 0.6) is 5.75 Å². The molecule has 4 heteroatoms. The summed E-state index contributed by atoms with van der Waals surface area (Å²) in [5, 5.41) is 0.762. The molecular formula is C13H21ClN2O. The van der Waals surface area contributed by atoms with E-state index in [2.05, 4.69) is 18.9 Å². The Morgan fingerprint density at radius 1 is 1.47 bits per heavy atom. The maximum Gasteiger partial charge on any atom is 0.120 e. The van der Waals surface area contributed by atoms with Gasteiger partial charge >= 0.3 is 0 Å². The Kier molecular flexibility index (Phi) is 5.75. The van der Waals surface area contributed by atoms with E-state index in [9.17, 15) is 0 Å². The first kappa shape index (κ1) is 14.3. The van der Waals surface area contributed by atoms with Gasteiger partial charge in [0.25, 0.3) is 0 Å². The van der Waals surface area contributed by atoms with Crippen molar-refractivity contribution in [2.75, 3.05) is 27.2 Å². The second-order valence-electron chi connectivity index (χ2n) is 4.27. The maximum absolute atomic E-state index is 6.18. The van der Waals surface area contributed by atoms with E-state index in [1.165, 1.54) is 0 Å². The van der Waals surface area contributed by atoms with Crippen molar-refractivity contribution in [1.29, 1.82) is 0 Å². The number of nitrogens with two attached hydrogens (primary N) is 1. The van der Waals surface area contributed by atoms with Gasteiger partial charge in [-0.25, -0.2) is 0 Å². The number of hydrogen-bond donors (Lipinski definition) is 1. The van der Waals surface area contributed by atoms with Crippen molar-refractivity contribution >= 4 is 11.6 Å². The molecule has 0 aromatic heterocycles. The van der Waals surface area contributed by atoms with Crippen LogP contribution in [0.3, 0.4) is 0 Å². The molecule has 0 aliphatic carbocycles. The molecule has 0 aliphatic heterocycles. The topological polar surface area (TPSA) is 38.5 Å². The molecule has 96 valence electrons. The number of rotatable bonds is 6. The largest absolute Gasteiger partial charge is 0.497 e. The summed E-state index contributed by atoms with van der Waals surface area (Å²) in [5.41, 5.74) is 6.77. The highest BCUT2D eigenvalue weighted by Gasteiger charge is 2.08. The molecule has 1 unspecified atom stereocenters. The van der Waals surface area contributed by atoms with Crippen LogP contribution in [0, 0.1) is 0 Å². The van der Waals surface area contributed by atoms with Crippen molar-refractivity contribution in [3.05, 3.63) is 28.8 Å². The van der Waals surface area contributed by atoms with Crippen LogP contribution in [0.25, 0.3) is 0 Å². The van der Waals surface area contributed by atoms with Gasteiger partial charge in [-0.15, -0.1) is 0 Å². The zero-order valence-electron chi connectivity index (χ0n) is 10.7. The van der Waals surface area contributed by atoms with Crippen LogP contribution < -0.4 is 10.5 Å². The lowest BCUT2D eigenvalue weighted by Crippen LogP contribution is -2.36. The van der Waals surface area contributed by atoms with Gasteiger partial charge in [-0.1, -0.05) is 17.7 Å². The second-order valence-corrected chi connectivity index (χ2v) is 4.68. The van der Waals surface area contributed by atoms with Gasteiger partial charge in [0, 0.05) is 24.2 Å². The van der Waals surface area contributed by atoms with Crippen molar-refractivity contribution in [2.24, 2.45) is 5.73 Å². The number of methoxy groups -OCH3 is 1. The molecule has 0 fully saturated rings. The Bertz CT molecular complexity index is 357. The molecule has 0 bridgehead atoms. The Labute approximate surface area is 109 Å². The maximum atomic E-state index is 6.18. The van der Waals surface area contributed by atoms with E-state index in [1.54, 1.807) is 7.11 Å². The fraction of sp³-hybridized carbons (Fsp3) is 0.538. The van der Waals surface area contributed by atoms with E-state index in [0.717, 1.165) is 29.3 Å². The van der Waals surface area contributed by atoms with Gasteiger partial charge in [0.1, 0.15) is 5.75 Å². The molecule has 3 nitrogen and oxygen atoms in total. The fourth-order valence-corrected chi connectivity index (χ4v) is 1.82. The van der Waals surface area contributed by atoms with Gasteiger partial charge in [0.15, 0.2) is 0 Å². The summed E-state index contributed by atoms with van der Waals surface area (Å²) in [7, 11) is 3.72. The predicted molar refractivity (Wildman–Crippen MR) is 72.9 cm³/mol. The zero-order chi connectivity index (χ0) is 12.8. The van der Waals surface area contributed by atoms with E-state index in [-0.39, 0.29) is 0 Å². The van der Waals surface area contributed by atoms with Crippen LogP contribution in [-0.4, -0.2) is 38.2 Å². The Morgan fingerprint density at radius 3 is 2.71 bits per heavy atom. The quantitative estimate of drug-likeness (QED) is 0.848. The minimum atomic E-state index is 0.395. The monoisotopic (exact) mass is 256 g/mol. The van der Waals surface area contributed by atoms with E-state index < -0.39 is 0 Å². The number of benzene rings is 1. The number of nitrogens with zero attached hydrogens (tertiary/aromatic N) is 1. The fourth-order valence-electron chi connectivity index (χ4n) is 1.55. The Morgan fingerprint density at radius 2 is 2.18 bits per heavy atom. The smallest absolute Gasteiger partial charge is 0.120 e. The molecule has 1 aromatic rings. The van der Waals surface area contributed by atoms with E-state index in [0.29, 0.717) is 12.6 Å². The number of hydrogen-bond acceptors (Lipinski definition) is 3. The first-order chi connectivity index (χ1) is 8.08. The predicted octanol–water partition coefficient (Wildman–Crippen LogP) is 2.17. The number of halogens is 1. The summed E-state index contributed by atoms with van der Waals surface area (Å²) < 4.78 is 5.12. The molecular weight excluding hydrogens is 236 g/mol. The third kappa shape index (κ3) is 4.19. The summed E-state index contributed by atoms with van der Waals surface area (Å²) in [6.07, 6.45) is 0.920. The first-order valence-corrected chi connectivity index (χ1v) is 6.19. The highest BCUT2D eigenvalue weighted by Crippen LogP contribution is 2.22. The molecule has 0 heterocycles. The Hall–Kier alpha value is -0.770. The summed E-state index contributed by atoms with van der Waals surface area (Å²) in [5.74, 6) is 0.794. The van der Waals surface area contributed by atoms with Gasteiger partial charge in [-0.05, 0) is 38.1 Å². The average Bonchev–Trinajstić information content (AvgIpc) is 2.35. The SMILES string of the molecule is COc1ccc(CCN(C)C(C)CN)c(Cl)c1. The molecule has 0 radical (unpaired) electrons. The molecule has 1 aromatic carbocycles. The minimum absolute atomic E-state index is 0.395. The van der Waals surface area contributed by atoms with Gasteiger partial charge in [-0.2, -0.15) is 0 Å². The van der Waals surface area contributed by atoms with Crippen LogP contribution in [0.4, 0.5) is 0 Å². The van der Waals surface area contributed by atoms with Crippen LogP contribution in [-0.2, 0) is 6.42 Å². The summed E-state index contributed by atoms with van der Waals surface area (Å²) in [6, 6.07) is 6.20. The lowest BCUT2D eigenvalue weighted by molar-refractivity contribution is 0.266. The molecule has 0 aliphatic rings. The second kappa shape index (κ2) is 6.84. The molecule has 2 N–H and O–H groups in total. The number of ether oxygens (including phenoxy) is 1. The van der Waals surface area contributed by atoms with Crippen molar-refractivity contribution in [3.63, 3.8) is 0 Å². The van der Waals surface area contributed by atoms with Gasteiger partial charge < -0.3 is 15.4 Å². The standard InChI is InChI=1S/C13H21ClN2O/c1-10(9-15)16(2)7-6-11-4-5-12(17-3)8-13(11)14/h4-5,8,10H,6-7,9,15H2,1-3H3. The van der Waals surface area contributed by atoms with E-state index in [4.69, 9.17) is 22.1 Å². The number of likely N-dealkylation sites (N-methyl/N-ethyl adjacent to an activating group) is 1. The van der Waals surface area contributed by atoms with Gasteiger partial charge in [0.2, 0.25) is 0 Å². The van der Waals surface area contributed by atoms with Gasteiger partial charge in [-0.3, -0.25) is 0 Å². The van der Waals surface area contributed by atoms with Crippen molar-refractivity contribution in [1.82, 2.24) is 4.90 Å². The summed E-state index contributed by atoms with van der Waals surface area (Å²) in [4.78, 5) is 2.24. The lowest BCUT2D eigenvalue weighted by Gasteiger charge is -2.23. The average molecular weight is 257 g/mol. The molecule has 0 saturated heterocycles. The molecule has 0 spiro atoms. The van der Waals surface area contributed by atoms with Crippen molar-refractivity contribution in [3.8, 4) is 5.75 Å². The highest BCUT2D eigenvalue weighted by molar-refractivity contribution is 6.31. The first-order valence-electron chi connectivity index (χ1n) is 5.81. The highest BCUT2D eigenvalue weighted by atomic mass is 35.5. The molecule has 0 amide bonds. The summed E-state index contributed by atoms with van der Waals surface area (Å²) >= 11 is 6.18. The minimum Gasteiger partial charge on any atom is -0.497 e. The molecule has 1 rings (SSSR count). The van der Waals surface area contributed by atoms with E-state index in [1.807, 2.05) is 18.2 Å². The molecule has 0 saturated carbocycles. The van der Waals surface area contributed by atoms with Crippen LogP contribution >= 0.6 is 11.6 Å². The van der Waals surface area contributed by atoms with E-state index >= 15 is 0 Å². The summed E-state index contributed by atoms with van der Waals surface area (Å²) in [6.45, 7) is 3.74. The molecule has 17 heavy (non-hydrogen) atoms. The van der Waals surface area contributed by atoms with Crippen LogP contribution in [0.15, 0.2) is 18.2 Å². The normalized spacial score (nSPS) is 12.8. The van der Waals surface area contributed by atoms with Crippen LogP contribution in [0.2, 0.25) is 5.02 Å². The molecule has 1 atom stereocenters.